The Balaban J connectivity index is 2.01. The number of hydrogen-bond donors (Lipinski definition) is 2. The number of rotatable bonds is 4. The van der Waals surface area contributed by atoms with Gasteiger partial charge in [-0.1, -0.05) is 29.8 Å². The van der Waals surface area contributed by atoms with Gasteiger partial charge in [-0.15, -0.1) is 0 Å². The number of benzene rings is 2. The Morgan fingerprint density at radius 3 is 2.23 bits per heavy atom. The van der Waals surface area contributed by atoms with Crippen molar-refractivity contribution < 1.29 is 4.92 Å². The number of hydrogen-bond acceptors (Lipinski definition) is 6. The minimum atomic E-state index is -0.446. The van der Waals surface area contributed by atoms with Gasteiger partial charge in [-0.3, -0.25) is 10.1 Å². The molecule has 0 amide bonds. The second-order valence-electron chi connectivity index (χ2n) is 5.42. The number of nitrogens with two attached hydrogens (primary N) is 2. The van der Waals surface area contributed by atoms with Crippen molar-refractivity contribution in [3.63, 3.8) is 0 Å². The first-order chi connectivity index (χ1) is 12.4. The van der Waals surface area contributed by atoms with Crippen molar-refractivity contribution in [1.29, 1.82) is 0 Å². The molecule has 26 heavy (non-hydrogen) atoms. The first kappa shape index (κ1) is 17.4. The zero-order valence-electron chi connectivity index (χ0n) is 13.5. The molecule has 0 aliphatic rings. The average Bonchev–Trinajstić information content (AvgIpc) is 2.61. The lowest BCUT2D eigenvalue weighted by atomic mass is 10.0. The molecule has 2 aromatic carbocycles. The van der Waals surface area contributed by atoms with E-state index in [4.69, 9.17) is 23.1 Å². The third-order valence-corrected chi connectivity index (χ3v) is 3.90. The Labute approximate surface area is 154 Å². The van der Waals surface area contributed by atoms with Gasteiger partial charge in [-0.25, -0.2) is 4.98 Å². The van der Waals surface area contributed by atoms with Gasteiger partial charge in [0.25, 0.3) is 5.69 Å². The number of non-ortho nitro benzene ring substituents is 1. The predicted molar refractivity (Wildman–Crippen MR) is 103 cm³/mol. The Bertz CT molecular complexity index is 986. The fourth-order valence-electron chi connectivity index (χ4n) is 2.43. The maximum Gasteiger partial charge on any atom is 0.269 e. The van der Waals surface area contributed by atoms with Crippen molar-refractivity contribution in [2.75, 3.05) is 11.5 Å². The smallest absolute Gasteiger partial charge is 0.269 e. The van der Waals surface area contributed by atoms with Gasteiger partial charge >= 0.3 is 0 Å². The summed E-state index contributed by atoms with van der Waals surface area (Å²) in [4.78, 5) is 18.6. The molecule has 0 unspecified atom stereocenters. The van der Waals surface area contributed by atoms with E-state index in [0.717, 1.165) is 11.1 Å². The summed E-state index contributed by atoms with van der Waals surface area (Å²) in [5.74, 6) is 0.312. The third kappa shape index (κ3) is 3.79. The van der Waals surface area contributed by atoms with Crippen LogP contribution in [0, 0.1) is 10.1 Å². The highest BCUT2D eigenvalue weighted by Gasteiger charge is 2.12. The number of halogens is 1. The molecule has 0 saturated carbocycles. The fourth-order valence-corrected chi connectivity index (χ4v) is 2.56. The van der Waals surface area contributed by atoms with Gasteiger partial charge in [-0.2, -0.15) is 4.98 Å². The molecular weight excluding hydrogens is 354 g/mol. The van der Waals surface area contributed by atoms with Gasteiger partial charge in [-0.05, 0) is 41.5 Å². The summed E-state index contributed by atoms with van der Waals surface area (Å²) in [5.41, 5.74) is 14.5. The Morgan fingerprint density at radius 1 is 0.962 bits per heavy atom. The van der Waals surface area contributed by atoms with E-state index in [1.54, 1.807) is 36.4 Å². The lowest BCUT2D eigenvalue weighted by Crippen LogP contribution is -2.04. The zero-order valence-corrected chi connectivity index (χ0v) is 14.2. The van der Waals surface area contributed by atoms with Gasteiger partial charge in [0.05, 0.1) is 10.6 Å². The number of nitrogens with zero attached hydrogens (tertiary/aromatic N) is 3. The van der Waals surface area contributed by atoms with E-state index in [9.17, 15) is 10.1 Å². The van der Waals surface area contributed by atoms with E-state index in [-0.39, 0.29) is 17.5 Å². The summed E-state index contributed by atoms with van der Waals surface area (Å²) in [6.07, 6.45) is 3.50. The topological polar surface area (TPSA) is 121 Å². The summed E-state index contributed by atoms with van der Waals surface area (Å²) < 4.78 is 0. The summed E-state index contributed by atoms with van der Waals surface area (Å²) >= 11 is 5.94. The molecule has 1 heterocycles. The van der Waals surface area contributed by atoms with Crippen molar-refractivity contribution in [2.45, 2.75) is 0 Å². The number of nitro benzene ring substituents is 1. The zero-order chi connectivity index (χ0) is 18.7. The highest BCUT2D eigenvalue weighted by atomic mass is 35.5. The first-order valence-electron chi connectivity index (χ1n) is 7.55. The number of nitro groups is 1. The van der Waals surface area contributed by atoms with Gasteiger partial charge in [0, 0.05) is 22.7 Å². The maximum absolute atomic E-state index is 10.7. The lowest BCUT2D eigenvalue weighted by molar-refractivity contribution is -0.384. The molecule has 4 N–H and O–H groups in total. The molecule has 0 radical (unpaired) electrons. The van der Waals surface area contributed by atoms with Crippen molar-refractivity contribution in [1.82, 2.24) is 9.97 Å². The van der Waals surface area contributed by atoms with E-state index >= 15 is 0 Å². The van der Waals surface area contributed by atoms with Crippen LogP contribution in [0.2, 0.25) is 5.02 Å². The normalized spacial score (nSPS) is 11.0. The quantitative estimate of drug-likeness (QED) is 0.530. The molecule has 3 aromatic rings. The second kappa shape index (κ2) is 7.20. The van der Waals surface area contributed by atoms with Crippen LogP contribution in [-0.4, -0.2) is 14.9 Å². The van der Waals surface area contributed by atoms with Crippen LogP contribution < -0.4 is 11.5 Å². The molecule has 0 aliphatic heterocycles. The SMILES string of the molecule is Nc1nc(N)c(-c2ccc(Cl)cc2)c(/C=C\c2ccc([N+](=O)[O-])cc2)n1. The van der Waals surface area contributed by atoms with Crippen LogP contribution in [0.25, 0.3) is 23.3 Å². The predicted octanol–water partition coefficient (Wildman–Crippen LogP) is 4.04. The summed E-state index contributed by atoms with van der Waals surface area (Å²) in [6, 6.07) is 13.3. The minimum Gasteiger partial charge on any atom is -0.383 e. The standard InChI is InChI=1S/C18H14ClN5O2/c19-13-6-4-12(5-7-13)16-15(22-18(21)23-17(16)20)10-3-11-1-8-14(9-2-11)24(25)26/h1-10H,(H4,20,21,22,23)/b10-3-. The van der Waals surface area contributed by atoms with E-state index in [1.165, 1.54) is 12.1 Å². The molecule has 0 aliphatic carbocycles. The van der Waals surface area contributed by atoms with Gasteiger partial charge in [0.1, 0.15) is 5.82 Å². The number of nitrogen functional groups attached to an aromatic ring is 2. The van der Waals surface area contributed by atoms with E-state index in [0.29, 0.717) is 16.3 Å². The molecule has 0 saturated heterocycles. The van der Waals surface area contributed by atoms with Crippen molar-refractivity contribution in [3.05, 3.63) is 74.9 Å². The van der Waals surface area contributed by atoms with Crippen molar-refractivity contribution in [2.24, 2.45) is 0 Å². The largest absolute Gasteiger partial charge is 0.383 e. The van der Waals surface area contributed by atoms with E-state index in [2.05, 4.69) is 9.97 Å². The van der Waals surface area contributed by atoms with Gasteiger partial charge < -0.3 is 11.5 Å². The summed E-state index contributed by atoms with van der Waals surface area (Å²) in [5, 5.41) is 11.3. The molecule has 0 spiro atoms. The van der Waals surface area contributed by atoms with Crippen LogP contribution in [0.4, 0.5) is 17.5 Å². The van der Waals surface area contributed by atoms with Crippen molar-refractivity contribution in [3.8, 4) is 11.1 Å². The van der Waals surface area contributed by atoms with Gasteiger partial charge in [0.2, 0.25) is 5.95 Å². The molecule has 3 rings (SSSR count). The molecule has 8 heteroatoms. The van der Waals surface area contributed by atoms with Crippen LogP contribution >= 0.6 is 11.6 Å². The van der Waals surface area contributed by atoms with Crippen LogP contribution in [-0.2, 0) is 0 Å². The number of anilines is 2. The van der Waals surface area contributed by atoms with Crippen molar-refractivity contribution >= 4 is 41.2 Å². The van der Waals surface area contributed by atoms with Gasteiger partial charge in [0.15, 0.2) is 0 Å². The fraction of sp³-hybridized carbons (Fsp3) is 0. The molecule has 0 atom stereocenters. The molecule has 0 fully saturated rings. The lowest BCUT2D eigenvalue weighted by Gasteiger charge is -2.10. The Morgan fingerprint density at radius 2 is 1.62 bits per heavy atom. The first-order valence-corrected chi connectivity index (χ1v) is 7.93. The maximum atomic E-state index is 10.7. The van der Waals surface area contributed by atoms with Crippen LogP contribution in [0.1, 0.15) is 11.3 Å². The molecule has 0 bridgehead atoms. The summed E-state index contributed by atoms with van der Waals surface area (Å²) in [7, 11) is 0. The average molecular weight is 368 g/mol. The minimum absolute atomic E-state index is 0.0273. The highest BCUT2D eigenvalue weighted by Crippen LogP contribution is 2.30. The van der Waals surface area contributed by atoms with Crippen LogP contribution in [0.3, 0.4) is 0 Å². The monoisotopic (exact) mass is 367 g/mol. The second-order valence-corrected chi connectivity index (χ2v) is 5.85. The number of aromatic nitrogens is 2. The van der Waals surface area contributed by atoms with E-state index in [1.807, 2.05) is 12.1 Å². The van der Waals surface area contributed by atoms with E-state index < -0.39 is 4.92 Å². The molecule has 7 nitrogen and oxygen atoms in total. The molecular formula is C18H14ClN5O2. The molecule has 130 valence electrons. The molecule has 1 aromatic heterocycles. The van der Waals surface area contributed by atoms with Crippen LogP contribution in [0.5, 0.6) is 0 Å². The summed E-state index contributed by atoms with van der Waals surface area (Å²) in [6.45, 7) is 0. The van der Waals surface area contributed by atoms with Crippen LogP contribution in [0.15, 0.2) is 48.5 Å². The third-order valence-electron chi connectivity index (χ3n) is 3.65. The highest BCUT2D eigenvalue weighted by molar-refractivity contribution is 6.30. The Hall–Kier alpha value is -3.45. The Kier molecular flexibility index (Phi) is 4.81.